The number of rotatable bonds is 5. The third-order valence-electron chi connectivity index (χ3n) is 4.76. The number of nitrogens with zero attached hydrogens (tertiary/aromatic N) is 3. The van der Waals surface area contributed by atoms with Crippen molar-refractivity contribution in [1.82, 2.24) is 20.0 Å². The van der Waals surface area contributed by atoms with E-state index in [-0.39, 0.29) is 0 Å². The van der Waals surface area contributed by atoms with Gasteiger partial charge in [0.25, 0.3) is 0 Å². The van der Waals surface area contributed by atoms with Crippen LogP contribution >= 0.6 is 0 Å². The number of hydrogen-bond donors (Lipinski definition) is 1. The minimum Gasteiger partial charge on any atom is -0.343 e. The van der Waals surface area contributed by atoms with E-state index >= 15 is 0 Å². The Labute approximate surface area is 132 Å². The molecule has 1 amide bonds. The molecule has 5 nitrogen and oxygen atoms in total. The fourth-order valence-electron chi connectivity index (χ4n) is 3.40. The molecule has 5 heteroatoms. The van der Waals surface area contributed by atoms with Gasteiger partial charge in [0.2, 0.25) is 6.41 Å². The molecule has 0 bridgehead atoms. The second-order valence-electron chi connectivity index (χ2n) is 6.15. The Bertz CT molecular complexity index is 453. The SMILES string of the molecule is O=CN1CCN(C(CN2CCNCC2)c2ccccc2)CC1. The van der Waals surface area contributed by atoms with Crippen LogP contribution < -0.4 is 5.32 Å². The molecule has 2 aliphatic rings. The number of benzene rings is 1. The zero-order valence-corrected chi connectivity index (χ0v) is 13.2. The molecule has 22 heavy (non-hydrogen) atoms. The molecule has 1 unspecified atom stereocenters. The van der Waals surface area contributed by atoms with Crippen molar-refractivity contribution in [2.24, 2.45) is 0 Å². The smallest absolute Gasteiger partial charge is 0.209 e. The van der Waals surface area contributed by atoms with Gasteiger partial charge in [-0.05, 0) is 5.56 Å². The van der Waals surface area contributed by atoms with Crippen LogP contribution in [-0.4, -0.2) is 80.0 Å². The summed E-state index contributed by atoms with van der Waals surface area (Å²) in [5, 5.41) is 3.42. The molecule has 0 aliphatic carbocycles. The number of nitrogens with one attached hydrogen (secondary N) is 1. The first-order valence-corrected chi connectivity index (χ1v) is 8.28. The van der Waals surface area contributed by atoms with Gasteiger partial charge < -0.3 is 10.2 Å². The Morgan fingerprint density at radius 1 is 1.00 bits per heavy atom. The highest BCUT2D eigenvalue weighted by atomic mass is 16.1. The van der Waals surface area contributed by atoms with Gasteiger partial charge in [0.05, 0.1) is 0 Å². The molecule has 2 heterocycles. The molecule has 3 rings (SSSR count). The van der Waals surface area contributed by atoms with E-state index in [0.29, 0.717) is 6.04 Å². The molecule has 120 valence electrons. The number of amides is 1. The summed E-state index contributed by atoms with van der Waals surface area (Å²) in [7, 11) is 0. The summed E-state index contributed by atoms with van der Waals surface area (Å²) in [5.41, 5.74) is 1.39. The molecule has 0 aromatic heterocycles. The lowest BCUT2D eigenvalue weighted by Crippen LogP contribution is -2.51. The molecule has 1 atom stereocenters. The van der Waals surface area contributed by atoms with Gasteiger partial charge in [-0.1, -0.05) is 30.3 Å². The normalized spacial score (nSPS) is 22.5. The molecule has 1 aromatic carbocycles. The van der Waals surface area contributed by atoms with Crippen LogP contribution in [0.4, 0.5) is 0 Å². The summed E-state index contributed by atoms with van der Waals surface area (Å²) < 4.78 is 0. The summed E-state index contributed by atoms with van der Waals surface area (Å²) >= 11 is 0. The second kappa shape index (κ2) is 7.72. The van der Waals surface area contributed by atoms with Crippen LogP contribution in [-0.2, 0) is 4.79 Å². The highest BCUT2D eigenvalue weighted by molar-refractivity contribution is 5.47. The first-order chi connectivity index (χ1) is 10.9. The lowest BCUT2D eigenvalue weighted by molar-refractivity contribution is -0.120. The molecule has 2 fully saturated rings. The Balaban J connectivity index is 1.70. The Morgan fingerprint density at radius 2 is 1.68 bits per heavy atom. The minimum absolute atomic E-state index is 0.424. The number of piperazine rings is 2. The maximum Gasteiger partial charge on any atom is 0.209 e. The summed E-state index contributed by atoms with van der Waals surface area (Å²) in [5.74, 6) is 0. The summed E-state index contributed by atoms with van der Waals surface area (Å²) in [6.07, 6.45) is 0.977. The fraction of sp³-hybridized carbons (Fsp3) is 0.588. The van der Waals surface area contributed by atoms with Crippen molar-refractivity contribution < 1.29 is 4.79 Å². The van der Waals surface area contributed by atoms with Crippen LogP contribution in [0.15, 0.2) is 30.3 Å². The van der Waals surface area contributed by atoms with Gasteiger partial charge >= 0.3 is 0 Å². The van der Waals surface area contributed by atoms with Crippen LogP contribution in [0.2, 0.25) is 0 Å². The fourth-order valence-corrected chi connectivity index (χ4v) is 3.40. The standard InChI is InChI=1S/C17H26N4O/c22-15-20-10-12-21(13-11-20)17(16-4-2-1-3-5-16)14-19-8-6-18-7-9-19/h1-5,15,17-18H,6-14H2. The van der Waals surface area contributed by atoms with Crippen LogP contribution in [0.25, 0.3) is 0 Å². The van der Waals surface area contributed by atoms with Crippen molar-refractivity contribution in [1.29, 1.82) is 0 Å². The van der Waals surface area contributed by atoms with Gasteiger partial charge in [-0.2, -0.15) is 0 Å². The van der Waals surface area contributed by atoms with E-state index in [1.165, 1.54) is 5.56 Å². The van der Waals surface area contributed by atoms with Gasteiger partial charge in [-0.25, -0.2) is 0 Å². The quantitative estimate of drug-likeness (QED) is 0.800. The first-order valence-electron chi connectivity index (χ1n) is 8.28. The largest absolute Gasteiger partial charge is 0.343 e. The number of hydrogen-bond acceptors (Lipinski definition) is 4. The van der Waals surface area contributed by atoms with Crippen molar-refractivity contribution in [2.75, 3.05) is 58.9 Å². The zero-order chi connectivity index (χ0) is 15.2. The van der Waals surface area contributed by atoms with E-state index in [1.807, 2.05) is 4.90 Å². The molecule has 0 radical (unpaired) electrons. The molecule has 2 saturated heterocycles. The minimum atomic E-state index is 0.424. The van der Waals surface area contributed by atoms with Crippen molar-refractivity contribution in [3.63, 3.8) is 0 Å². The molecule has 0 spiro atoms. The van der Waals surface area contributed by atoms with E-state index in [1.54, 1.807) is 0 Å². The monoisotopic (exact) mass is 302 g/mol. The van der Waals surface area contributed by atoms with Crippen molar-refractivity contribution in [2.45, 2.75) is 6.04 Å². The Kier molecular flexibility index (Phi) is 5.43. The third kappa shape index (κ3) is 3.85. The summed E-state index contributed by atoms with van der Waals surface area (Å²) in [6, 6.07) is 11.2. The molecule has 2 aliphatic heterocycles. The van der Waals surface area contributed by atoms with E-state index in [4.69, 9.17) is 0 Å². The maximum atomic E-state index is 10.9. The topological polar surface area (TPSA) is 38.8 Å². The average Bonchev–Trinajstić information content (AvgIpc) is 2.61. The number of carbonyl (C=O) groups is 1. The highest BCUT2D eigenvalue weighted by Gasteiger charge is 2.26. The maximum absolute atomic E-state index is 10.9. The molecule has 1 aromatic rings. The van der Waals surface area contributed by atoms with E-state index < -0.39 is 0 Å². The molecule has 0 saturated carbocycles. The van der Waals surface area contributed by atoms with Gasteiger partial charge in [-0.3, -0.25) is 14.6 Å². The predicted octanol–water partition coefficient (Wildman–Crippen LogP) is 0.407. The molecular weight excluding hydrogens is 276 g/mol. The van der Waals surface area contributed by atoms with Gasteiger partial charge in [-0.15, -0.1) is 0 Å². The lowest BCUT2D eigenvalue weighted by atomic mass is 10.0. The second-order valence-corrected chi connectivity index (χ2v) is 6.15. The number of carbonyl (C=O) groups excluding carboxylic acids is 1. The van der Waals surface area contributed by atoms with E-state index in [9.17, 15) is 4.79 Å². The van der Waals surface area contributed by atoms with E-state index in [0.717, 1.165) is 65.3 Å². The first kappa shape index (κ1) is 15.5. The lowest BCUT2D eigenvalue weighted by Gasteiger charge is -2.41. The Morgan fingerprint density at radius 3 is 2.32 bits per heavy atom. The predicted molar refractivity (Wildman–Crippen MR) is 87.7 cm³/mol. The van der Waals surface area contributed by atoms with Crippen molar-refractivity contribution in [3.8, 4) is 0 Å². The van der Waals surface area contributed by atoms with Gasteiger partial charge in [0, 0.05) is 64.9 Å². The van der Waals surface area contributed by atoms with Gasteiger partial charge in [0.15, 0.2) is 0 Å². The summed E-state index contributed by atoms with van der Waals surface area (Å²) in [6.45, 7) is 9.10. The zero-order valence-electron chi connectivity index (χ0n) is 13.2. The van der Waals surface area contributed by atoms with Crippen LogP contribution in [0.5, 0.6) is 0 Å². The van der Waals surface area contributed by atoms with Crippen molar-refractivity contribution in [3.05, 3.63) is 35.9 Å². The van der Waals surface area contributed by atoms with Crippen molar-refractivity contribution >= 4 is 6.41 Å². The van der Waals surface area contributed by atoms with Gasteiger partial charge in [0.1, 0.15) is 0 Å². The molecule has 1 N–H and O–H groups in total. The summed E-state index contributed by atoms with van der Waals surface area (Å²) in [4.78, 5) is 17.9. The highest BCUT2D eigenvalue weighted by Crippen LogP contribution is 2.23. The van der Waals surface area contributed by atoms with Crippen LogP contribution in [0, 0.1) is 0 Å². The van der Waals surface area contributed by atoms with Crippen LogP contribution in [0.1, 0.15) is 11.6 Å². The van der Waals surface area contributed by atoms with E-state index in [2.05, 4.69) is 45.4 Å². The Hall–Kier alpha value is -1.43. The van der Waals surface area contributed by atoms with Crippen LogP contribution in [0.3, 0.4) is 0 Å². The molecular formula is C17H26N4O. The average molecular weight is 302 g/mol. The third-order valence-corrected chi connectivity index (χ3v) is 4.76.